The van der Waals surface area contributed by atoms with Gasteiger partial charge in [-0.05, 0) is 24.3 Å². The third-order valence-corrected chi connectivity index (χ3v) is 4.45. The van der Waals surface area contributed by atoms with Crippen LogP contribution in [0.25, 0.3) is 0 Å². The maximum absolute atomic E-state index is 13.4. The third kappa shape index (κ3) is 3.65. The largest absolute Gasteiger partial charge is 0.494 e. The zero-order chi connectivity index (χ0) is 17.0. The first-order valence-corrected chi connectivity index (χ1v) is 7.98. The van der Waals surface area contributed by atoms with E-state index >= 15 is 0 Å². The fraction of sp³-hybridized carbons (Fsp3) is 0.200. The summed E-state index contributed by atoms with van der Waals surface area (Å²) >= 11 is 0. The summed E-state index contributed by atoms with van der Waals surface area (Å²) in [6, 6.07) is 7.88. The minimum atomic E-state index is -3.90. The average molecular weight is 341 g/mol. The van der Waals surface area contributed by atoms with E-state index in [1.807, 2.05) is 0 Å². The Balaban J connectivity index is 2.35. The van der Waals surface area contributed by atoms with Crippen LogP contribution in [-0.4, -0.2) is 29.7 Å². The second-order valence-electron chi connectivity index (χ2n) is 4.47. The van der Waals surface area contributed by atoms with E-state index in [4.69, 9.17) is 14.2 Å². The van der Waals surface area contributed by atoms with Gasteiger partial charge in [-0.3, -0.25) is 4.72 Å². The fourth-order valence-electron chi connectivity index (χ4n) is 1.92. The third-order valence-electron chi connectivity index (χ3n) is 3.07. The fourth-order valence-corrected chi connectivity index (χ4v) is 2.99. The molecule has 0 bridgehead atoms. The maximum atomic E-state index is 13.4. The number of anilines is 1. The van der Waals surface area contributed by atoms with Crippen molar-refractivity contribution in [3.05, 3.63) is 42.2 Å². The van der Waals surface area contributed by atoms with Gasteiger partial charge >= 0.3 is 0 Å². The standard InChI is InChI=1S/C15H16FNO5S/c1-20-13-7-4-10(8-15(13)22-3)17-23(18,19)11-5-6-12(16)14(9-11)21-2/h4-9,17H,1-3H3. The molecular weight excluding hydrogens is 325 g/mol. The van der Waals surface area contributed by atoms with Crippen molar-refractivity contribution < 1.29 is 27.0 Å². The molecule has 0 fully saturated rings. The molecule has 0 aromatic heterocycles. The highest BCUT2D eigenvalue weighted by Crippen LogP contribution is 2.31. The second-order valence-corrected chi connectivity index (χ2v) is 6.15. The Morgan fingerprint density at radius 3 is 2.13 bits per heavy atom. The summed E-state index contributed by atoms with van der Waals surface area (Å²) < 4.78 is 55.5. The lowest BCUT2D eigenvalue weighted by Gasteiger charge is -2.12. The summed E-state index contributed by atoms with van der Waals surface area (Å²) in [5.74, 6) is 0.0565. The van der Waals surface area contributed by atoms with E-state index in [1.54, 1.807) is 6.07 Å². The van der Waals surface area contributed by atoms with Crippen LogP contribution in [0.2, 0.25) is 0 Å². The van der Waals surface area contributed by atoms with Crippen LogP contribution >= 0.6 is 0 Å². The number of halogens is 1. The molecule has 0 aliphatic heterocycles. The molecule has 2 rings (SSSR count). The number of nitrogens with one attached hydrogen (secondary N) is 1. The summed E-state index contributed by atoms with van der Waals surface area (Å²) in [6.07, 6.45) is 0. The molecule has 0 aliphatic rings. The van der Waals surface area contributed by atoms with Gasteiger partial charge in [-0.1, -0.05) is 0 Å². The van der Waals surface area contributed by atoms with Crippen molar-refractivity contribution in [2.45, 2.75) is 4.90 Å². The van der Waals surface area contributed by atoms with Crippen molar-refractivity contribution in [3.8, 4) is 17.2 Å². The topological polar surface area (TPSA) is 73.9 Å². The highest BCUT2D eigenvalue weighted by Gasteiger charge is 2.18. The van der Waals surface area contributed by atoms with Crippen molar-refractivity contribution in [1.82, 2.24) is 0 Å². The predicted molar refractivity (Wildman–Crippen MR) is 83.3 cm³/mol. The van der Waals surface area contributed by atoms with E-state index in [-0.39, 0.29) is 16.3 Å². The highest BCUT2D eigenvalue weighted by molar-refractivity contribution is 7.92. The lowest BCUT2D eigenvalue weighted by Crippen LogP contribution is -2.13. The average Bonchev–Trinajstić information content (AvgIpc) is 2.54. The van der Waals surface area contributed by atoms with Crippen LogP contribution in [0.3, 0.4) is 0 Å². The van der Waals surface area contributed by atoms with Crippen LogP contribution in [0.15, 0.2) is 41.3 Å². The number of ether oxygens (including phenoxy) is 3. The lowest BCUT2D eigenvalue weighted by atomic mass is 10.3. The van der Waals surface area contributed by atoms with Crippen molar-refractivity contribution in [2.24, 2.45) is 0 Å². The molecule has 6 nitrogen and oxygen atoms in total. The first-order chi connectivity index (χ1) is 10.9. The van der Waals surface area contributed by atoms with Crippen LogP contribution < -0.4 is 18.9 Å². The Kier molecular flexibility index (Phi) is 4.95. The summed E-state index contributed by atoms with van der Waals surface area (Å²) in [4.78, 5) is -0.120. The van der Waals surface area contributed by atoms with Crippen molar-refractivity contribution in [1.29, 1.82) is 0 Å². The van der Waals surface area contributed by atoms with Crippen LogP contribution in [0.1, 0.15) is 0 Å². The van der Waals surface area contributed by atoms with Crippen molar-refractivity contribution in [3.63, 3.8) is 0 Å². The first-order valence-electron chi connectivity index (χ1n) is 6.49. The van der Waals surface area contributed by atoms with Crippen molar-refractivity contribution in [2.75, 3.05) is 26.1 Å². The van der Waals surface area contributed by atoms with Gasteiger partial charge in [0.05, 0.1) is 31.9 Å². The van der Waals surface area contributed by atoms with Gasteiger partial charge in [0.15, 0.2) is 23.1 Å². The highest BCUT2D eigenvalue weighted by atomic mass is 32.2. The Morgan fingerprint density at radius 2 is 1.52 bits per heavy atom. The van der Waals surface area contributed by atoms with Gasteiger partial charge in [0.2, 0.25) is 0 Å². The Morgan fingerprint density at radius 1 is 0.870 bits per heavy atom. The number of rotatable bonds is 6. The van der Waals surface area contributed by atoms with Crippen LogP contribution in [0, 0.1) is 5.82 Å². The molecule has 0 aliphatic carbocycles. The molecule has 0 radical (unpaired) electrons. The summed E-state index contributed by atoms with van der Waals surface area (Å²) in [5.41, 5.74) is 0.283. The van der Waals surface area contributed by atoms with E-state index in [1.165, 1.54) is 33.5 Å². The molecular formula is C15H16FNO5S. The van der Waals surface area contributed by atoms with Crippen LogP contribution in [-0.2, 0) is 10.0 Å². The molecule has 0 saturated heterocycles. The van der Waals surface area contributed by atoms with Gasteiger partial charge < -0.3 is 14.2 Å². The SMILES string of the molecule is COc1cc(S(=O)(=O)Nc2ccc(OC)c(OC)c2)ccc1F. The molecule has 0 heterocycles. The number of hydrogen-bond acceptors (Lipinski definition) is 5. The summed E-state index contributed by atoms with van der Waals surface area (Å²) in [5, 5.41) is 0. The van der Waals surface area contributed by atoms with Gasteiger partial charge in [-0.2, -0.15) is 0 Å². The molecule has 0 saturated carbocycles. The predicted octanol–water partition coefficient (Wildman–Crippen LogP) is 2.65. The lowest BCUT2D eigenvalue weighted by molar-refractivity contribution is 0.355. The molecule has 0 spiro atoms. The number of benzene rings is 2. The molecule has 124 valence electrons. The molecule has 23 heavy (non-hydrogen) atoms. The smallest absolute Gasteiger partial charge is 0.262 e. The van der Waals surface area contributed by atoms with E-state index in [9.17, 15) is 12.8 Å². The second kappa shape index (κ2) is 6.74. The van der Waals surface area contributed by atoms with Gasteiger partial charge in [-0.15, -0.1) is 0 Å². The number of hydrogen-bond donors (Lipinski definition) is 1. The van der Waals surface area contributed by atoms with Gasteiger partial charge in [0.1, 0.15) is 0 Å². The van der Waals surface area contributed by atoms with Gasteiger partial charge in [0.25, 0.3) is 10.0 Å². The minimum Gasteiger partial charge on any atom is -0.494 e. The van der Waals surface area contributed by atoms with E-state index in [0.29, 0.717) is 11.5 Å². The first kappa shape index (κ1) is 16.9. The maximum Gasteiger partial charge on any atom is 0.262 e. The summed E-state index contributed by atoms with van der Waals surface area (Å²) in [7, 11) is 0.284. The van der Waals surface area contributed by atoms with Gasteiger partial charge in [0, 0.05) is 12.1 Å². The Hall–Kier alpha value is -2.48. The molecule has 0 unspecified atom stereocenters. The number of sulfonamides is 1. The minimum absolute atomic E-state index is 0.120. The molecule has 0 atom stereocenters. The zero-order valence-corrected chi connectivity index (χ0v) is 13.6. The Bertz CT molecular complexity index is 808. The van der Waals surface area contributed by atoms with Crippen LogP contribution in [0.5, 0.6) is 17.2 Å². The monoisotopic (exact) mass is 341 g/mol. The van der Waals surface area contributed by atoms with Crippen LogP contribution in [0.4, 0.5) is 10.1 Å². The molecule has 2 aromatic rings. The van der Waals surface area contributed by atoms with E-state index in [2.05, 4.69) is 4.72 Å². The van der Waals surface area contributed by atoms with E-state index < -0.39 is 15.8 Å². The van der Waals surface area contributed by atoms with Crippen molar-refractivity contribution >= 4 is 15.7 Å². The normalized spacial score (nSPS) is 11.0. The zero-order valence-electron chi connectivity index (χ0n) is 12.8. The van der Waals surface area contributed by atoms with E-state index in [0.717, 1.165) is 18.2 Å². The summed E-state index contributed by atoms with van der Waals surface area (Å²) in [6.45, 7) is 0. The van der Waals surface area contributed by atoms with Gasteiger partial charge in [-0.25, -0.2) is 12.8 Å². The number of methoxy groups -OCH3 is 3. The molecule has 1 N–H and O–H groups in total. The molecule has 2 aromatic carbocycles. The molecule has 0 amide bonds. The molecule has 8 heteroatoms. The quantitative estimate of drug-likeness (QED) is 0.874. The Labute approximate surface area is 133 Å².